The molecule has 1 aliphatic heterocycles. The number of sulfonamides is 1. The molecule has 0 aliphatic carbocycles. The molecular formula is C17H20N2O5S2. The van der Waals surface area contributed by atoms with Gasteiger partial charge in [0.15, 0.2) is 0 Å². The molecule has 1 aromatic heterocycles. The maximum atomic E-state index is 12.3. The number of ether oxygens (including phenoxy) is 2. The minimum atomic E-state index is -3.58. The van der Waals surface area contributed by atoms with Crippen LogP contribution >= 0.6 is 11.3 Å². The fourth-order valence-corrected chi connectivity index (χ4v) is 5.00. The van der Waals surface area contributed by atoms with Crippen LogP contribution in [-0.2, 0) is 19.6 Å². The van der Waals surface area contributed by atoms with Gasteiger partial charge in [-0.1, -0.05) is 6.07 Å². The highest BCUT2D eigenvalue weighted by Crippen LogP contribution is 2.24. The predicted octanol–water partition coefficient (Wildman–Crippen LogP) is 1.78. The molecule has 1 aromatic carbocycles. The van der Waals surface area contributed by atoms with Gasteiger partial charge < -0.3 is 14.4 Å². The maximum absolute atomic E-state index is 12.3. The number of aryl methyl sites for hydroxylation is 1. The van der Waals surface area contributed by atoms with Crippen LogP contribution in [0.15, 0.2) is 40.6 Å². The third-order valence-electron chi connectivity index (χ3n) is 3.98. The lowest BCUT2D eigenvalue weighted by Crippen LogP contribution is -2.50. The molecule has 3 rings (SSSR count). The summed E-state index contributed by atoms with van der Waals surface area (Å²) in [6.07, 6.45) is -0.435. The largest absolute Gasteiger partial charge is 0.497 e. The lowest BCUT2D eigenvalue weighted by Gasteiger charge is -2.33. The summed E-state index contributed by atoms with van der Waals surface area (Å²) in [7, 11) is -2.02. The number of hydrogen-bond acceptors (Lipinski definition) is 6. The normalized spacial score (nSPS) is 18.2. The van der Waals surface area contributed by atoms with Gasteiger partial charge in [0.05, 0.1) is 19.8 Å². The summed E-state index contributed by atoms with van der Waals surface area (Å²) in [4.78, 5) is 14.7. The van der Waals surface area contributed by atoms with E-state index in [-0.39, 0.29) is 29.8 Å². The SMILES string of the molecule is COc1cccc(N2CC(CNS(=O)(=O)c3ccc(C)s3)OCC2=O)c1. The van der Waals surface area contributed by atoms with E-state index in [4.69, 9.17) is 9.47 Å². The first-order valence-electron chi connectivity index (χ1n) is 8.01. The van der Waals surface area contributed by atoms with E-state index in [2.05, 4.69) is 4.72 Å². The number of morpholine rings is 1. The topological polar surface area (TPSA) is 84.9 Å². The van der Waals surface area contributed by atoms with E-state index < -0.39 is 16.1 Å². The van der Waals surface area contributed by atoms with Crippen molar-refractivity contribution in [3.05, 3.63) is 41.3 Å². The Morgan fingerprint density at radius 2 is 2.15 bits per heavy atom. The van der Waals surface area contributed by atoms with Crippen LogP contribution in [0, 0.1) is 6.92 Å². The van der Waals surface area contributed by atoms with Gasteiger partial charge in [0.2, 0.25) is 10.0 Å². The Hall–Kier alpha value is -1.94. The van der Waals surface area contributed by atoms with Crippen LogP contribution in [0.1, 0.15) is 4.88 Å². The van der Waals surface area contributed by atoms with Gasteiger partial charge in [-0.25, -0.2) is 13.1 Å². The van der Waals surface area contributed by atoms with Crippen LogP contribution in [0.25, 0.3) is 0 Å². The van der Waals surface area contributed by atoms with Gasteiger partial charge in [0.25, 0.3) is 5.91 Å². The first-order chi connectivity index (χ1) is 12.4. The molecule has 9 heteroatoms. The number of hydrogen-bond donors (Lipinski definition) is 1. The molecule has 26 heavy (non-hydrogen) atoms. The average Bonchev–Trinajstić information content (AvgIpc) is 3.08. The minimum absolute atomic E-state index is 0.0903. The van der Waals surface area contributed by atoms with Crippen molar-refractivity contribution in [2.75, 3.05) is 31.7 Å². The van der Waals surface area contributed by atoms with Crippen LogP contribution in [0.4, 0.5) is 5.69 Å². The lowest BCUT2D eigenvalue weighted by molar-refractivity contribution is -0.129. The molecule has 2 heterocycles. The van der Waals surface area contributed by atoms with E-state index in [1.165, 1.54) is 11.3 Å². The van der Waals surface area contributed by atoms with Crippen LogP contribution in [0.2, 0.25) is 0 Å². The van der Waals surface area contributed by atoms with Gasteiger partial charge in [-0.15, -0.1) is 11.3 Å². The number of methoxy groups -OCH3 is 1. The van der Waals surface area contributed by atoms with Crippen molar-refractivity contribution >= 4 is 33.0 Å². The Kier molecular flexibility index (Phi) is 5.61. The van der Waals surface area contributed by atoms with Crippen LogP contribution in [0.3, 0.4) is 0 Å². The van der Waals surface area contributed by atoms with E-state index in [1.807, 2.05) is 6.92 Å². The van der Waals surface area contributed by atoms with Crippen molar-refractivity contribution in [3.63, 3.8) is 0 Å². The second kappa shape index (κ2) is 7.75. The molecule has 2 aromatic rings. The van der Waals surface area contributed by atoms with Crippen molar-refractivity contribution < 1.29 is 22.7 Å². The van der Waals surface area contributed by atoms with Crippen LogP contribution < -0.4 is 14.4 Å². The Balaban J connectivity index is 1.67. The van der Waals surface area contributed by atoms with Gasteiger partial charge >= 0.3 is 0 Å². The quantitative estimate of drug-likeness (QED) is 0.805. The summed E-state index contributed by atoms with van der Waals surface area (Å²) in [6, 6.07) is 10.5. The van der Waals surface area contributed by atoms with Crippen LogP contribution in [0.5, 0.6) is 5.75 Å². The van der Waals surface area contributed by atoms with Gasteiger partial charge in [0, 0.05) is 23.2 Å². The molecule has 0 bridgehead atoms. The number of nitrogens with zero attached hydrogens (tertiary/aromatic N) is 1. The standard InChI is InChI=1S/C17H20N2O5S2/c1-12-6-7-17(25-12)26(21,22)18-9-15-10-19(16(20)11-24-15)13-4-3-5-14(8-13)23-2/h3-8,15,18H,9-11H2,1-2H3. The van der Waals surface area contributed by atoms with Crippen LogP contribution in [-0.4, -0.2) is 47.2 Å². The van der Waals surface area contributed by atoms with Crippen molar-refractivity contribution in [2.45, 2.75) is 17.2 Å². The molecule has 1 fully saturated rings. The maximum Gasteiger partial charge on any atom is 0.253 e. The number of benzene rings is 1. The average molecular weight is 396 g/mol. The molecule has 1 aliphatic rings. The third-order valence-corrected chi connectivity index (χ3v) is 6.89. The molecule has 0 saturated carbocycles. The number of rotatable bonds is 6. The van der Waals surface area contributed by atoms with E-state index in [9.17, 15) is 13.2 Å². The van der Waals surface area contributed by atoms with Crippen molar-refractivity contribution in [2.24, 2.45) is 0 Å². The number of thiophene rings is 1. The van der Waals surface area contributed by atoms with Crippen molar-refractivity contribution in [1.29, 1.82) is 0 Å². The van der Waals surface area contributed by atoms with Crippen molar-refractivity contribution in [1.82, 2.24) is 4.72 Å². The zero-order valence-electron chi connectivity index (χ0n) is 14.5. The Morgan fingerprint density at radius 1 is 1.35 bits per heavy atom. The van der Waals surface area contributed by atoms with Crippen molar-refractivity contribution in [3.8, 4) is 5.75 Å². The Bertz CT molecular complexity index is 894. The zero-order valence-corrected chi connectivity index (χ0v) is 16.1. The predicted molar refractivity (Wildman–Crippen MR) is 99.3 cm³/mol. The molecule has 1 N–H and O–H groups in total. The minimum Gasteiger partial charge on any atom is -0.497 e. The van der Waals surface area contributed by atoms with E-state index in [0.717, 1.165) is 4.88 Å². The third kappa shape index (κ3) is 4.24. The highest BCUT2D eigenvalue weighted by Gasteiger charge is 2.29. The van der Waals surface area contributed by atoms with Gasteiger partial charge in [-0.3, -0.25) is 4.79 Å². The highest BCUT2D eigenvalue weighted by molar-refractivity contribution is 7.91. The summed E-state index contributed by atoms with van der Waals surface area (Å²) in [5.74, 6) is 0.471. The monoisotopic (exact) mass is 396 g/mol. The summed E-state index contributed by atoms with van der Waals surface area (Å²) in [6.45, 7) is 2.11. The molecule has 1 atom stereocenters. The first kappa shape index (κ1) is 18.8. The number of carbonyl (C=O) groups is 1. The molecule has 1 unspecified atom stereocenters. The fourth-order valence-electron chi connectivity index (χ4n) is 2.61. The summed E-state index contributed by atoms with van der Waals surface area (Å²) in [5.41, 5.74) is 0.694. The molecule has 140 valence electrons. The number of nitrogens with one attached hydrogen (secondary N) is 1. The second-order valence-corrected chi connectivity index (χ2v) is 9.14. The van der Waals surface area contributed by atoms with Gasteiger partial charge in [-0.05, 0) is 31.2 Å². The molecule has 1 saturated heterocycles. The Labute approximate surface area is 156 Å². The van der Waals surface area contributed by atoms with E-state index in [0.29, 0.717) is 11.4 Å². The molecular weight excluding hydrogens is 376 g/mol. The number of anilines is 1. The smallest absolute Gasteiger partial charge is 0.253 e. The molecule has 7 nitrogen and oxygen atoms in total. The summed E-state index contributed by atoms with van der Waals surface area (Å²) in [5, 5.41) is 0. The number of carbonyl (C=O) groups excluding carboxylic acids is 1. The summed E-state index contributed by atoms with van der Waals surface area (Å²) < 4.78 is 38.2. The number of amides is 1. The van der Waals surface area contributed by atoms with E-state index in [1.54, 1.807) is 48.4 Å². The lowest BCUT2D eigenvalue weighted by atomic mass is 10.2. The second-order valence-electron chi connectivity index (χ2n) is 5.86. The molecule has 0 spiro atoms. The fraction of sp³-hybridized carbons (Fsp3) is 0.353. The Morgan fingerprint density at radius 3 is 2.85 bits per heavy atom. The van der Waals surface area contributed by atoms with Gasteiger partial charge in [-0.2, -0.15) is 0 Å². The first-order valence-corrected chi connectivity index (χ1v) is 10.3. The highest BCUT2D eigenvalue weighted by atomic mass is 32.2. The molecule has 0 radical (unpaired) electrons. The van der Waals surface area contributed by atoms with E-state index >= 15 is 0 Å². The zero-order chi connectivity index (χ0) is 18.7. The van der Waals surface area contributed by atoms with Gasteiger partial charge in [0.1, 0.15) is 16.6 Å². The summed E-state index contributed by atoms with van der Waals surface area (Å²) >= 11 is 1.21. The molecule has 1 amide bonds.